The number of carbonyl (C=O) groups is 1. The Morgan fingerprint density at radius 1 is 1.18 bits per heavy atom. The number of aromatic nitrogens is 2. The van der Waals surface area contributed by atoms with Gasteiger partial charge in [-0.3, -0.25) is 14.8 Å². The first-order valence-corrected chi connectivity index (χ1v) is 5.60. The predicted octanol–water partition coefficient (Wildman–Crippen LogP) is 2.60. The Kier molecular flexibility index (Phi) is 3.60. The molecule has 0 spiro atoms. The molecule has 17 heavy (non-hydrogen) atoms. The summed E-state index contributed by atoms with van der Waals surface area (Å²) in [6.45, 7) is 1.93. The van der Waals surface area contributed by atoms with E-state index in [1.807, 2.05) is 25.1 Å². The van der Waals surface area contributed by atoms with Gasteiger partial charge in [-0.1, -0.05) is 6.07 Å². The zero-order valence-corrected chi connectivity index (χ0v) is 9.76. The van der Waals surface area contributed by atoms with Crippen molar-refractivity contribution in [2.75, 3.05) is 0 Å². The first-order valence-electron chi connectivity index (χ1n) is 5.60. The minimum Gasteiger partial charge on any atom is -0.294 e. The molecule has 0 amide bonds. The maximum Gasteiger partial charge on any atom is 0.165 e. The maximum absolute atomic E-state index is 12.0. The number of hydrogen-bond acceptors (Lipinski definition) is 3. The van der Waals surface area contributed by atoms with Crippen LogP contribution in [0.25, 0.3) is 0 Å². The Balaban J connectivity index is 2.01. The van der Waals surface area contributed by atoms with Crippen molar-refractivity contribution in [2.45, 2.75) is 19.8 Å². The van der Waals surface area contributed by atoms with Crippen LogP contribution < -0.4 is 0 Å². The summed E-state index contributed by atoms with van der Waals surface area (Å²) in [6, 6.07) is 5.73. The normalized spacial score (nSPS) is 10.2. The number of ketones is 1. The Hall–Kier alpha value is -2.03. The number of nitrogens with zero attached hydrogens (tertiary/aromatic N) is 2. The summed E-state index contributed by atoms with van der Waals surface area (Å²) < 4.78 is 0. The third kappa shape index (κ3) is 2.97. The van der Waals surface area contributed by atoms with Gasteiger partial charge in [0.05, 0.1) is 0 Å². The van der Waals surface area contributed by atoms with Gasteiger partial charge in [-0.2, -0.15) is 0 Å². The van der Waals surface area contributed by atoms with E-state index in [2.05, 4.69) is 9.97 Å². The van der Waals surface area contributed by atoms with Crippen molar-refractivity contribution in [3.63, 3.8) is 0 Å². The third-order valence-corrected chi connectivity index (χ3v) is 2.70. The third-order valence-electron chi connectivity index (χ3n) is 2.70. The molecular formula is C14H14N2O. The first-order chi connectivity index (χ1) is 8.27. The Labute approximate surface area is 101 Å². The zero-order chi connectivity index (χ0) is 12.1. The van der Waals surface area contributed by atoms with Gasteiger partial charge in [0, 0.05) is 36.8 Å². The second kappa shape index (κ2) is 5.34. The molecule has 2 aromatic rings. The second-order valence-corrected chi connectivity index (χ2v) is 3.98. The molecule has 86 valence electrons. The molecule has 3 nitrogen and oxygen atoms in total. The molecule has 0 bridgehead atoms. The van der Waals surface area contributed by atoms with E-state index >= 15 is 0 Å². The van der Waals surface area contributed by atoms with Crippen LogP contribution >= 0.6 is 0 Å². The molecule has 0 N–H and O–H groups in total. The van der Waals surface area contributed by atoms with Crippen LogP contribution in [-0.2, 0) is 6.42 Å². The molecule has 0 fully saturated rings. The van der Waals surface area contributed by atoms with Gasteiger partial charge in [-0.15, -0.1) is 0 Å². The van der Waals surface area contributed by atoms with Gasteiger partial charge in [0.25, 0.3) is 0 Å². The fourth-order valence-corrected chi connectivity index (χ4v) is 1.69. The first kappa shape index (κ1) is 11.5. The molecule has 0 radical (unpaired) electrons. The topological polar surface area (TPSA) is 42.9 Å². The van der Waals surface area contributed by atoms with Crippen LogP contribution in [0.5, 0.6) is 0 Å². The molecule has 0 saturated carbocycles. The van der Waals surface area contributed by atoms with Gasteiger partial charge in [-0.05, 0) is 36.6 Å². The van der Waals surface area contributed by atoms with Gasteiger partial charge < -0.3 is 0 Å². The van der Waals surface area contributed by atoms with E-state index < -0.39 is 0 Å². The SMILES string of the molecule is Cc1ccncc1C(=O)CCc1cccnc1. The van der Waals surface area contributed by atoms with E-state index in [4.69, 9.17) is 0 Å². The summed E-state index contributed by atoms with van der Waals surface area (Å²) in [5, 5.41) is 0. The van der Waals surface area contributed by atoms with E-state index in [1.165, 1.54) is 0 Å². The van der Waals surface area contributed by atoms with Crippen LogP contribution in [0.4, 0.5) is 0 Å². The minimum atomic E-state index is 0.138. The lowest BCUT2D eigenvalue weighted by atomic mass is 10.0. The highest BCUT2D eigenvalue weighted by Gasteiger charge is 2.08. The van der Waals surface area contributed by atoms with Gasteiger partial charge in [0.15, 0.2) is 5.78 Å². The molecule has 0 unspecified atom stereocenters. The van der Waals surface area contributed by atoms with Crippen LogP contribution in [-0.4, -0.2) is 15.8 Å². The van der Waals surface area contributed by atoms with E-state index in [1.54, 1.807) is 24.8 Å². The summed E-state index contributed by atoms with van der Waals surface area (Å²) in [6.07, 6.45) is 8.09. The molecule has 0 aliphatic carbocycles. The number of pyridine rings is 2. The minimum absolute atomic E-state index is 0.138. The number of hydrogen-bond donors (Lipinski definition) is 0. The molecule has 2 aromatic heterocycles. The summed E-state index contributed by atoms with van der Waals surface area (Å²) in [5.41, 5.74) is 2.79. The Bertz CT molecular complexity index is 509. The zero-order valence-electron chi connectivity index (χ0n) is 9.76. The number of aryl methyl sites for hydroxylation is 2. The van der Waals surface area contributed by atoms with Crippen molar-refractivity contribution < 1.29 is 4.79 Å². The van der Waals surface area contributed by atoms with Crippen molar-refractivity contribution >= 4 is 5.78 Å². The molecule has 2 rings (SSSR count). The van der Waals surface area contributed by atoms with Crippen LogP contribution in [0.2, 0.25) is 0 Å². The van der Waals surface area contributed by atoms with E-state index in [-0.39, 0.29) is 5.78 Å². The fraction of sp³-hybridized carbons (Fsp3) is 0.214. The largest absolute Gasteiger partial charge is 0.294 e. The van der Waals surface area contributed by atoms with Crippen LogP contribution in [0.3, 0.4) is 0 Å². The van der Waals surface area contributed by atoms with Crippen LogP contribution in [0.1, 0.15) is 27.9 Å². The predicted molar refractivity (Wildman–Crippen MR) is 65.9 cm³/mol. The number of Topliss-reactive ketones (excluding diaryl/α,β-unsaturated/α-hetero) is 1. The summed E-state index contributed by atoms with van der Waals surface area (Å²) in [4.78, 5) is 20.0. The van der Waals surface area contributed by atoms with Crippen molar-refractivity contribution in [3.8, 4) is 0 Å². The molecule has 0 aliphatic rings. The Morgan fingerprint density at radius 3 is 2.71 bits per heavy atom. The van der Waals surface area contributed by atoms with Gasteiger partial charge in [0.2, 0.25) is 0 Å². The standard InChI is InChI=1S/C14H14N2O/c1-11-6-8-16-10-13(11)14(17)5-4-12-3-2-7-15-9-12/h2-3,6-10H,4-5H2,1H3. The summed E-state index contributed by atoms with van der Waals surface area (Å²) in [5.74, 6) is 0.138. The Morgan fingerprint density at radius 2 is 2.00 bits per heavy atom. The average molecular weight is 226 g/mol. The summed E-state index contributed by atoms with van der Waals surface area (Å²) >= 11 is 0. The van der Waals surface area contributed by atoms with Crippen molar-refractivity contribution in [1.29, 1.82) is 0 Å². The molecule has 0 saturated heterocycles. The highest BCUT2D eigenvalue weighted by atomic mass is 16.1. The second-order valence-electron chi connectivity index (χ2n) is 3.98. The van der Waals surface area contributed by atoms with Crippen LogP contribution in [0, 0.1) is 6.92 Å². The highest BCUT2D eigenvalue weighted by Crippen LogP contribution is 2.10. The molecule has 3 heteroatoms. The van der Waals surface area contributed by atoms with Crippen molar-refractivity contribution in [3.05, 3.63) is 59.7 Å². The van der Waals surface area contributed by atoms with E-state index in [0.717, 1.165) is 23.1 Å². The molecule has 2 heterocycles. The summed E-state index contributed by atoms with van der Waals surface area (Å²) in [7, 11) is 0. The number of carbonyl (C=O) groups excluding carboxylic acids is 1. The molecular weight excluding hydrogens is 212 g/mol. The van der Waals surface area contributed by atoms with Gasteiger partial charge >= 0.3 is 0 Å². The van der Waals surface area contributed by atoms with Crippen molar-refractivity contribution in [1.82, 2.24) is 9.97 Å². The monoisotopic (exact) mass is 226 g/mol. The van der Waals surface area contributed by atoms with E-state index in [9.17, 15) is 4.79 Å². The van der Waals surface area contributed by atoms with Gasteiger partial charge in [0.1, 0.15) is 0 Å². The maximum atomic E-state index is 12.0. The average Bonchev–Trinajstić information content (AvgIpc) is 2.38. The number of rotatable bonds is 4. The fourth-order valence-electron chi connectivity index (χ4n) is 1.69. The molecule has 0 atom stereocenters. The van der Waals surface area contributed by atoms with Crippen LogP contribution in [0.15, 0.2) is 43.0 Å². The lowest BCUT2D eigenvalue weighted by molar-refractivity contribution is 0.0982. The lowest BCUT2D eigenvalue weighted by Crippen LogP contribution is -2.04. The van der Waals surface area contributed by atoms with Gasteiger partial charge in [-0.25, -0.2) is 0 Å². The highest BCUT2D eigenvalue weighted by molar-refractivity contribution is 5.97. The van der Waals surface area contributed by atoms with Crippen molar-refractivity contribution in [2.24, 2.45) is 0 Å². The molecule has 0 aliphatic heterocycles. The van der Waals surface area contributed by atoms with E-state index in [0.29, 0.717) is 6.42 Å². The quantitative estimate of drug-likeness (QED) is 0.752. The molecule has 0 aromatic carbocycles. The smallest absolute Gasteiger partial charge is 0.165 e. The lowest BCUT2D eigenvalue weighted by Gasteiger charge is -2.03.